The molecule has 2 fully saturated rings. The van der Waals surface area contributed by atoms with Gasteiger partial charge in [-0.1, -0.05) is 29.8 Å². The third-order valence-corrected chi connectivity index (χ3v) is 5.41. The Morgan fingerprint density at radius 1 is 1.12 bits per heavy atom. The van der Waals surface area contributed by atoms with Gasteiger partial charge in [0.25, 0.3) is 0 Å². The Balaban J connectivity index is 1.30. The molecule has 0 spiro atoms. The van der Waals surface area contributed by atoms with Gasteiger partial charge in [-0.05, 0) is 37.5 Å². The van der Waals surface area contributed by atoms with Crippen LogP contribution in [0.25, 0.3) is 0 Å². The van der Waals surface area contributed by atoms with E-state index in [1.807, 2.05) is 11.0 Å². The monoisotopic (exact) mass is 343 g/mol. The Bertz CT molecular complexity index is 753. The van der Waals surface area contributed by atoms with E-state index >= 15 is 0 Å². The third kappa shape index (κ3) is 3.61. The van der Waals surface area contributed by atoms with E-state index in [2.05, 4.69) is 50.7 Å². The number of aryl methyl sites for hydroxylation is 1. The van der Waals surface area contributed by atoms with Crippen molar-refractivity contribution in [3.8, 4) is 0 Å². The van der Waals surface area contributed by atoms with E-state index in [-0.39, 0.29) is 0 Å². The minimum atomic E-state index is 0.609. The largest absolute Gasteiger partial charge is 0.303 e. The normalized spacial score (nSPS) is 19.7. The van der Waals surface area contributed by atoms with Gasteiger partial charge in [-0.25, -0.2) is 4.68 Å². The van der Waals surface area contributed by atoms with Crippen LogP contribution in [-0.2, 0) is 13.2 Å². The van der Waals surface area contributed by atoms with Crippen molar-refractivity contribution in [3.63, 3.8) is 0 Å². The number of hydrogen-bond donors (Lipinski definition) is 0. The Morgan fingerprint density at radius 3 is 2.58 bits per heavy atom. The van der Waals surface area contributed by atoms with Gasteiger partial charge in [-0.15, -0.1) is 0 Å². The fourth-order valence-corrected chi connectivity index (χ4v) is 3.70. The molecule has 0 amide bonds. The van der Waals surface area contributed by atoms with E-state index in [4.69, 9.17) is 12.2 Å². The molecule has 0 atom stereocenters. The lowest BCUT2D eigenvalue weighted by Crippen LogP contribution is -2.46. The molecule has 1 aromatic carbocycles. The van der Waals surface area contributed by atoms with Crippen molar-refractivity contribution in [2.45, 2.75) is 39.0 Å². The van der Waals surface area contributed by atoms with E-state index in [9.17, 15) is 0 Å². The topological polar surface area (TPSA) is 29.2 Å². The van der Waals surface area contributed by atoms with Gasteiger partial charge in [-0.2, -0.15) is 5.10 Å². The molecular formula is C18H25N5S. The Labute approximate surface area is 148 Å². The smallest absolute Gasteiger partial charge is 0.199 e. The van der Waals surface area contributed by atoms with Gasteiger partial charge in [0, 0.05) is 38.8 Å². The SMILES string of the molecule is Cc1cccc(CN2CCN(Cn3ncn(C4CC4)c3=S)CC2)c1. The molecule has 0 N–H and O–H groups in total. The van der Waals surface area contributed by atoms with Gasteiger partial charge in [0.2, 0.25) is 0 Å². The molecule has 2 aliphatic rings. The number of nitrogens with zero attached hydrogens (tertiary/aromatic N) is 5. The van der Waals surface area contributed by atoms with Crippen LogP contribution in [0.1, 0.15) is 30.0 Å². The molecule has 24 heavy (non-hydrogen) atoms. The summed E-state index contributed by atoms with van der Waals surface area (Å²) in [6, 6.07) is 9.43. The first-order valence-electron chi connectivity index (χ1n) is 8.83. The molecule has 0 bridgehead atoms. The van der Waals surface area contributed by atoms with Gasteiger partial charge in [0.05, 0.1) is 6.67 Å². The zero-order chi connectivity index (χ0) is 16.5. The highest BCUT2D eigenvalue weighted by molar-refractivity contribution is 7.71. The first kappa shape index (κ1) is 16.0. The summed E-state index contributed by atoms with van der Waals surface area (Å²) >= 11 is 5.56. The van der Waals surface area contributed by atoms with Crippen molar-refractivity contribution in [2.75, 3.05) is 26.2 Å². The minimum absolute atomic E-state index is 0.609. The van der Waals surface area contributed by atoms with Crippen molar-refractivity contribution < 1.29 is 0 Å². The van der Waals surface area contributed by atoms with Gasteiger partial charge < -0.3 is 4.57 Å². The molecule has 0 unspecified atom stereocenters. The molecular weight excluding hydrogens is 318 g/mol. The summed E-state index contributed by atoms with van der Waals surface area (Å²) in [6.45, 7) is 8.37. The molecule has 1 saturated carbocycles. The van der Waals surface area contributed by atoms with Crippen LogP contribution in [0.3, 0.4) is 0 Å². The number of benzene rings is 1. The van der Waals surface area contributed by atoms with Gasteiger partial charge >= 0.3 is 0 Å². The number of aromatic nitrogens is 3. The lowest BCUT2D eigenvalue weighted by Gasteiger charge is -2.34. The lowest BCUT2D eigenvalue weighted by atomic mass is 10.1. The van der Waals surface area contributed by atoms with E-state index in [1.165, 1.54) is 24.0 Å². The molecule has 1 aromatic heterocycles. The standard InChI is InChI=1S/C18H25N5S/c1-15-3-2-4-16(11-15)12-20-7-9-21(10-8-20)14-23-18(24)22(13-19-23)17-5-6-17/h2-4,11,13,17H,5-10,12,14H2,1H3. The van der Waals surface area contributed by atoms with Gasteiger partial charge in [0.1, 0.15) is 6.33 Å². The quantitative estimate of drug-likeness (QED) is 0.781. The first-order valence-corrected chi connectivity index (χ1v) is 9.24. The van der Waals surface area contributed by atoms with Crippen LogP contribution >= 0.6 is 12.2 Å². The number of piperazine rings is 1. The fourth-order valence-electron chi connectivity index (χ4n) is 3.40. The lowest BCUT2D eigenvalue weighted by molar-refractivity contribution is 0.0980. The number of rotatable bonds is 5. The molecule has 2 aromatic rings. The molecule has 0 radical (unpaired) electrons. The van der Waals surface area contributed by atoms with Crippen molar-refractivity contribution in [2.24, 2.45) is 0 Å². The Morgan fingerprint density at radius 2 is 1.88 bits per heavy atom. The highest BCUT2D eigenvalue weighted by Gasteiger charge is 2.25. The molecule has 2 heterocycles. The van der Waals surface area contributed by atoms with Crippen LogP contribution in [0.5, 0.6) is 0 Å². The predicted molar refractivity (Wildman–Crippen MR) is 97.4 cm³/mol. The van der Waals surface area contributed by atoms with Crippen LogP contribution < -0.4 is 0 Å². The molecule has 5 nitrogen and oxygen atoms in total. The summed E-state index contributed by atoms with van der Waals surface area (Å²) in [4.78, 5) is 4.99. The van der Waals surface area contributed by atoms with Gasteiger partial charge in [0.15, 0.2) is 4.77 Å². The summed E-state index contributed by atoms with van der Waals surface area (Å²) < 4.78 is 5.01. The Kier molecular flexibility index (Phi) is 4.52. The summed E-state index contributed by atoms with van der Waals surface area (Å²) in [5.41, 5.74) is 2.75. The molecule has 1 aliphatic carbocycles. The highest BCUT2D eigenvalue weighted by atomic mass is 32.1. The first-order chi connectivity index (χ1) is 11.7. The zero-order valence-corrected chi connectivity index (χ0v) is 15.1. The Hall–Kier alpha value is -1.50. The van der Waals surface area contributed by atoms with Crippen molar-refractivity contribution in [1.29, 1.82) is 0 Å². The van der Waals surface area contributed by atoms with Crippen LogP contribution in [0.2, 0.25) is 0 Å². The van der Waals surface area contributed by atoms with Crippen LogP contribution in [0, 0.1) is 11.7 Å². The molecule has 6 heteroatoms. The summed E-state index contributed by atoms with van der Waals surface area (Å²) in [5, 5.41) is 4.49. The molecule has 4 rings (SSSR count). The van der Waals surface area contributed by atoms with E-state index in [0.717, 1.165) is 44.2 Å². The predicted octanol–water partition coefficient (Wildman–Crippen LogP) is 2.83. The van der Waals surface area contributed by atoms with Crippen LogP contribution in [-0.4, -0.2) is 50.3 Å². The number of hydrogen-bond acceptors (Lipinski definition) is 4. The van der Waals surface area contributed by atoms with Crippen molar-refractivity contribution in [3.05, 3.63) is 46.5 Å². The van der Waals surface area contributed by atoms with E-state index in [0.29, 0.717) is 6.04 Å². The zero-order valence-electron chi connectivity index (χ0n) is 14.3. The molecule has 1 aliphatic heterocycles. The summed E-state index contributed by atoms with van der Waals surface area (Å²) in [7, 11) is 0. The van der Waals surface area contributed by atoms with E-state index in [1.54, 1.807) is 0 Å². The second-order valence-electron chi connectivity index (χ2n) is 7.08. The maximum atomic E-state index is 5.56. The van der Waals surface area contributed by atoms with Gasteiger partial charge in [-0.3, -0.25) is 9.80 Å². The maximum Gasteiger partial charge on any atom is 0.199 e. The van der Waals surface area contributed by atoms with Crippen LogP contribution in [0.15, 0.2) is 30.6 Å². The van der Waals surface area contributed by atoms with E-state index < -0.39 is 0 Å². The summed E-state index contributed by atoms with van der Waals surface area (Å²) in [6.07, 6.45) is 4.41. The molecule has 1 saturated heterocycles. The fraction of sp³-hybridized carbons (Fsp3) is 0.556. The average molecular weight is 344 g/mol. The molecule has 128 valence electrons. The summed E-state index contributed by atoms with van der Waals surface area (Å²) in [5.74, 6) is 0. The van der Waals surface area contributed by atoms with Crippen molar-refractivity contribution in [1.82, 2.24) is 24.1 Å². The third-order valence-electron chi connectivity index (χ3n) is 4.98. The van der Waals surface area contributed by atoms with Crippen molar-refractivity contribution >= 4 is 12.2 Å². The highest BCUT2D eigenvalue weighted by Crippen LogP contribution is 2.34. The van der Waals surface area contributed by atoms with Crippen LogP contribution in [0.4, 0.5) is 0 Å². The second kappa shape index (κ2) is 6.78. The average Bonchev–Trinajstić information content (AvgIpc) is 3.35. The minimum Gasteiger partial charge on any atom is -0.303 e. The second-order valence-corrected chi connectivity index (χ2v) is 7.44. The maximum absolute atomic E-state index is 5.56.